The zero-order valence-corrected chi connectivity index (χ0v) is 4.24. The van der Waals surface area contributed by atoms with Crippen molar-refractivity contribution in [2.24, 2.45) is 0 Å². The van der Waals surface area contributed by atoms with Gasteiger partial charge in [-0.25, -0.2) is 0 Å². The van der Waals surface area contributed by atoms with Gasteiger partial charge in [-0.3, -0.25) is 0 Å². The average molecular weight is 92.1 g/mol. The maximum atomic E-state index is 3.42. The third-order valence-corrected chi connectivity index (χ3v) is 0.866. The molecule has 0 saturated heterocycles. The van der Waals surface area contributed by atoms with Crippen LogP contribution < -0.4 is 0 Å². The maximum Gasteiger partial charge on any atom is -0.0326 e. The standard InChI is InChI=1S/C2H5PS/c1-2-4-3/h2H,1,3H2. The van der Waals surface area contributed by atoms with E-state index < -0.39 is 0 Å². The van der Waals surface area contributed by atoms with Gasteiger partial charge >= 0.3 is 0 Å². The van der Waals surface area contributed by atoms with Crippen molar-refractivity contribution in [2.45, 2.75) is 0 Å². The van der Waals surface area contributed by atoms with Crippen molar-refractivity contribution in [3.05, 3.63) is 12.0 Å². The smallest absolute Gasteiger partial charge is 0.0326 e. The molecule has 1 unspecified atom stereocenters. The van der Waals surface area contributed by atoms with E-state index in [1.807, 2.05) is 0 Å². The molecule has 0 fully saturated rings. The minimum atomic E-state index is 1.54. The third kappa shape index (κ3) is 2.52. The lowest BCUT2D eigenvalue weighted by atomic mass is 11.3. The van der Waals surface area contributed by atoms with Crippen molar-refractivity contribution in [3.8, 4) is 0 Å². The summed E-state index contributed by atoms with van der Waals surface area (Å²) in [5.41, 5.74) is 0. The highest BCUT2D eigenvalue weighted by Gasteiger charge is 1.43. The lowest BCUT2D eigenvalue weighted by Gasteiger charge is -1.59. The van der Waals surface area contributed by atoms with E-state index in [1.165, 1.54) is 11.4 Å². The lowest BCUT2D eigenvalue weighted by molar-refractivity contribution is 2.69. The molecule has 0 aromatic heterocycles. The van der Waals surface area contributed by atoms with Crippen LogP contribution in [0.2, 0.25) is 0 Å². The lowest BCUT2D eigenvalue weighted by Crippen LogP contribution is -1.08. The van der Waals surface area contributed by atoms with E-state index in [2.05, 4.69) is 15.0 Å². The summed E-state index contributed by atoms with van der Waals surface area (Å²) in [6.45, 7) is 3.42. The predicted octanol–water partition coefficient (Wildman–Crippen LogP) is 1.65. The maximum absolute atomic E-state index is 3.42. The van der Waals surface area contributed by atoms with Gasteiger partial charge in [0.15, 0.2) is 0 Å². The van der Waals surface area contributed by atoms with E-state index in [0.717, 1.165) is 0 Å². The van der Waals surface area contributed by atoms with Gasteiger partial charge in [0.05, 0.1) is 0 Å². The fourth-order valence-electron chi connectivity index (χ4n) is 0. The Kier molecular flexibility index (Phi) is 3.98. The molecule has 24 valence electrons. The first kappa shape index (κ1) is 4.52. The number of rotatable bonds is 1. The van der Waals surface area contributed by atoms with E-state index in [-0.39, 0.29) is 0 Å². The van der Waals surface area contributed by atoms with Gasteiger partial charge in [-0.1, -0.05) is 15.0 Å². The average Bonchev–Trinajstić information content (AvgIpc) is 1.37. The van der Waals surface area contributed by atoms with Gasteiger partial charge in [0.1, 0.15) is 0 Å². The molecule has 0 radical (unpaired) electrons. The van der Waals surface area contributed by atoms with E-state index >= 15 is 0 Å². The Morgan fingerprint density at radius 3 is 2.25 bits per heavy atom. The molecule has 0 amide bonds. The molecule has 4 heavy (non-hydrogen) atoms. The molecule has 0 heterocycles. The second kappa shape index (κ2) is 3.52. The van der Waals surface area contributed by atoms with E-state index in [9.17, 15) is 0 Å². The highest BCUT2D eigenvalue weighted by atomic mass is 32.7. The van der Waals surface area contributed by atoms with Gasteiger partial charge in [0.25, 0.3) is 0 Å². The van der Waals surface area contributed by atoms with Gasteiger partial charge < -0.3 is 0 Å². The Labute approximate surface area is 32.6 Å². The summed E-state index contributed by atoms with van der Waals surface area (Å²) in [4.78, 5) is 0. The Balaban J connectivity index is 2.30. The topological polar surface area (TPSA) is 0 Å². The molecule has 0 saturated carbocycles. The summed E-state index contributed by atoms with van der Waals surface area (Å²) in [6.07, 6.45) is 0. The minimum Gasteiger partial charge on any atom is -0.114 e. The second-order valence-corrected chi connectivity index (χ2v) is 1.72. The van der Waals surface area contributed by atoms with Gasteiger partial charge in [-0.05, 0) is 5.41 Å². The molecular weight excluding hydrogens is 87.1 g/mol. The van der Waals surface area contributed by atoms with Crippen molar-refractivity contribution in [1.82, 2.24) is 0 Å². The molecular formula is C2H5PS. The first-order valence-electron chi connectivity index (χ1n) is 0.880. The van der Waals surface area contributed by atoms with Crippen LogP contribution in [-0.2, 0) is 0 Å². The Morgan fingerprint density at radius 2 is 2.25 bits per heavy atom. The Bertz CT molecular complexity index is 20.0. The highest BCUT2D eigenvalue weighted by Crippen LogP contribution is 2.08. The highest BCUT2D eigenvalue weighted by molar-refractivity contribution is 8.45. The van der Waals surface area contributed by atoms with Crippen LogP contribution in [0, 0.1) is 0 Å². The van der Waals surface area contributed by atoms with Gasteiger partial charge in [-0.2, -0.15) is 0 Å². The van der Waals surface area contributed by atoms with Crippen LogP contribution in [0.1, 0.15) is 0 Å². The molecule has 0 N–H and O–H groups in total. The van der Waals surface area contributed by atoms with Crippen LogP contribution in [0.3, 0.4) is 0 Å². The van der Waals surface area contributed by atoms with Crippen molar-refractivity contribution in [2.75, 3.05) is 0 Å². The first-order chi connectivity index (χ1) is 1.91. The van der Waals surface area contributed by atoms with Crippen LogP contribution >= 0.6 is 19.8 Å². The zero-order chi connectivity index (χ0) is 3.41. The fraction of sp³-hybridized carbons (Fsp3) is 0. The normalized spacial score (nSPS) is 6.25. The van der Waals surface area contributed by atoms with Crippen LogP contribution in [-0.4, -0.2) is 0 Å². The Hall–Kier alpha value is 0.520. The summed E-state index contributed by atoms with van der Waals surface area (Å²) in [6, 6.07) is 0. The number of hydrogen-bond donors (Lipinski definition) is 0. The van der Waals surface area contributed by atoms with Crippen molar-refractivity contribution in [1.29, 1.82) is 0 Å². The monoisotopic (exact) mass is 92.0 g/mol. The summed E-state index contributed by atoms with van der Waals surface area (Å²) >= 11 is 1.54. The molecule has 1 atom stereocenters. The molecule has 0 bridgehead atoms. The van der Waals surface area contributed by atoms with E-state index in [0.29, 0.717) is 0 Å². The predicted molar refractivity (Wildman–Crippen MR) is 27.5 cm³/mol. The molecule has 0 nitrogen and oxygen atoms in total. The SMILES string of the molecule is C=CSP. The molecule has 0 aliphatic rings. The molecule has 0 rings (SSSR count). The summed E-state index contributed by atoms with van der Waals surface area (Å²) in [5.74, 6) is 0. The molecule has 2 heteroatoms. The van der Waals surface area contributed by atoms with Crippen molar-refractivity contribution in [3.63, 3.8) is 0 Å². The molecule has 0 aromatic rings. The van der Waals surface area contributed by atoms with Gasteiger partial charge in [-0.15, -0.1) is 11.4 Å². The summed E-state index contributed by atoms with van der Waals surface area (Å²) < 4.78 is 0. The van der Waals surface area contributed by atoms with Crippen LogP contribution in [0.15, 0.2) is 12.0 Å². The second-order valence-electron chi connectivity index (χ2n) is 0.303. The molecule has 0 aliphatic heterocycles. The molecule has 0 aliphatic carbocycles. The first-order valence-corrected chi connectivity index (χ1v) is 3.24. The van der Waals surface area contributed by atoms with E-state index in [1.54, 1.807) is 5.41 Å². The van der Waals surface area contributed by atoms with Gasteiger partial charge in [0.2, 0.25) is 0 Å². The van der Waals surface area contributed by atoms with Crippen LogP contribution in [0.4, 0.5) is 0 Å². The van der Waals surface area contributed by atoms with Gasteiger partial charge in [0, 0.05) is 0 Å². The number of hydrogen-bond acceptors (Lipinski definition) is 1. The molecule has 0 spiro atoms. The largest absolute Gasteiger partial charge is 0.114 e. The summed E-state index contributed by atoms with van der Waals surface area (Å²) in [5, 5.41) is 1.75. The third-order valence-electron chi connectivity index (χ3n) is 0.0962. The fourth-order valence-corrected chi connectivity index (χ4v) is 0. The zero-order valence-electron chi connectivity index (χ0n) is 2.27. The molecule has 0 aromatic carbocycles. The minimum absolute atomic E-state index is 1.54. The van der Waals surface area contributed by atoms with Crippen molar-refractivity contribution >= 4 is 19.8 Å². The van der Waals surface area contributed by atoms with Crippen molar-refractivity contribution < 1.29 is 0 Å². The summed E-state index contributed by atoms with van der Waals surface area (Å²) in [7, 11) is 2.45. The van der Waals surface area contributed by atoms with E-state index in [4.69, 9.17) is 0 Å². The Morgan fingerprint density at radius 1 is 2.00 bits per heavy atom. The quantitative estimate of drug-likeness (QED) is 0.443. The van der Waals surface area contributed by atoms with Crippen LogP contribution in [0.25, 0.3) is 0 Å². The van der Waals surface area contributed by atoms with Crippen LogP contribution in [0.5, 0.6) is 0 Å².